The average Bonchev–Trinajstić information content (AvgIpc) is 3.11. The van der Waals surface area contributed by atoms with E-state index in [1.165, 1.54) is 0 Å². The van der Waals surface area contributed by atoms with Crippen LogP contribution < -0.4 is 10.9 Å². The number of carbonyl (C=O) groups excluding carboxylic acids is 1. The number of benzene rings is 2. The smallest absolute Gasteiger partial charge is 0.261 e. The van der Waals surface area contributed by atoms with E-state index in [-0.39, 0.29) is 11.5 Å². The molecule has 0 radical (unpaired) electrons. The Morgan fingerprint density at radius 3 is 2.92 bits per heavy atom. The number of carbonyl (C=O) groups is 1. The molecule has 0 bridgehead atoms. The number of aromatic nitrogens is 2. The van der Waals surface area contributed by atoms with E-state index in [0.29, 0.717) is 16.5 Å². The van der Waals surface area contributed by atoms with E-state index in [4.69, 9.17) is 0 Å². The summed E-state index contributed by atoms with van der Waals surface area (Å²) in [6, 6.07) is 11.1. The minimum Gasteiger partial charge on any atom is -0.321 e. The highest BCUT2D eigenvalue weighted by atomic mass is 16.1. The molecule has 0 aliphatic carbocycles. The van der Waals surface area contributed by atoms with Gasteiger partial charge in [0.1, 0.15) is 5.82 Å². The van der Waals surface area contributed by atoms with Gasteiger partial charge in [-0.25, -0.2) is 4.98 Å². The largest absolute Gasteiger partial charge is 0.321 e. The van der Waals surface area contributed by atoms with E-state index in [1.807, 2.05) is 25.1 Å². The summed E-state index contributed by atoms with van der Waals surface area (Å²) >= 11 is 0. The fraction of sp³-hybridized carbons (Fsp3) is 0.286. The molecular weight excluding hydrogens is 326 g/mol. The molecule has 2 aromatic carbocycles. The van der Waals surface area contributed by atoms with Gasteiger partial charge in [-0.3, -0.25) is 14.2 Å². The van der Waals surface area contributed by atoms with Crippen LogP contribution in [-0.4, -0.2) is 15.5 Å². The van der Waals surface area contributed by atoms with E-state index in [0.717, 1.165) is 48.4 Å². The molecule has 132 valence electrons. The maximum Gasteiger partial charge on any atom is 0.261 e. The molecule has 1 aliphatic heterocycles. The van der Waals surface area contributed by atoms with Gasteiger partial charge in [-0.05, 0) is 49.1 Å². The first-order chi connectivity index (χ1) is 12.6. The molecule has 1 aliphatic rings. The molecule has 0 saturated carbocycles. The van der Waals surface area contributed by atoms with Crippen LogP contribution in [0, 0.1) is 6.92 Å². The van der Waals surface area contributed by atoms with Crippen molar-refractivity contribution in [1.29, 1.82) is 0 Å². The van der Waals surface area contributed by atoms with Crippen molar-refractivity contribution in [2.75, 3.05) is 5.32 Å². The van der Waals surface area contributed by atoms with Crippen LogP contribution in [0.2, 0.25) is 0 Å². The van der Waals surface area contributed by atoms with Crippen molar-refractivity contribution in [3.63, 3.8) is 0 Å². The third-order valence-corrected chi connectivity index (χ3v) is 5.06. The van der Waals surface area contributed by atoms with Crippen LogP contribution in [0.4, 0.5) is 5.69 Å². The standard InChI is InChI=1S/C21H21N3O2/c1-3-14-7-4-6-13(2)19(14)23-20(25)15-9-10-16-17(12-15)22-18-8-5-11-24(18)21(16)26/h4,6-7,9-10,12H,3,5,8,11H2,1-2H3,(H,23,25). The minimum atomic E-state index is -0.182. The lowest BCUT2D eigenvalue weighted by molar-refractivity contribution is 0.102. The molecule has 0 spiro atoms. The molecule has 1 amide bonds. The summed E-state index contributed by atoms with van der Waals surface area (Å²) in [7, 11) is 0. The highest BCUT2D eigenvalue weighted by Gasteiger charge is 2.17. The van der Waals surface area contributed by atoms with Crippen molar-refractivity contribution in [2.45, 2.75) is 39.7 Å². The van der Waals surface area contributed by atoms with E-state index in [9.17, 15) is 9.59 Å². The first kappa shape index (κ1) is 16.5. The van der Waals surface area contributed by atoms with Crippen LogP contribution in [0.3, 0.4) is 0 Å². The van der Waals surface area contributed by atoms with Gasteiger partial charge < -0.3 is 5.32 Å². The van der Waals surface area contributed by atoms with Crippen LogP contribution in [0.25, 0.3) is 10.9 Å². The van der Waals surface area contributed by atoms with Gasteiger partial charge in [-0.15, -0.1) is 0 Å². The number of nitrogens with zero attached hydrogens (tertiary/aromatic N) is 2. The maximum absolute atomic E-state index is 12.8. The van der Waals surface area contributed by atoms with Crippen molar-refractivity contribution >= 4 is 22.5 Å². The number of amides is 1. The number of para-hydroxylation sites is 1. The normalized spacial score (nSPS) is 13.0. The monoisotopic (exact) mass is 347 g/mol. The summed E-state index contributed by atoms with van der Waals surface area (Å²) in [5.41, 5.74) is 4.10. The van der Waals surface area contributed by atoms with E-state index < -0.39 is 0 Å². The third kappa shape index (κ3) is 2.69. The first-order valence-corrected chi connectivity index (χ1v) is 9.02. The van der Waals surface area contributed by atoms with Gasteiger partial charge in [0.15, 0.2) is 0 Å². The van der Waals surface area contributed by atoms with Crippen LogP contribution in [0.1, 0.15) is 40.7 Å². The molecule has 0 unspecified atom stereocenters. The van der Waals surface area contributed by atoms with Gasteiger partial charge >= 0.3 is 0 Å². The summed E-state index contributed by atoms with van der Waals surface area (Å²) in [6.07, 6.45) is 2.60. The highest BCUT2D eigenvalue weighted by molar-refractivity contribution is 6.06. The third-order valence-electron chi connectivity index (χ3n) is 5.06. The Morgan fingerprint density at radius 1 is 1.27 bits per heavy atom. The van der Waals surface area contributed by atoms with Crippen LogP contribution in [0.15, 0.2) is 41.2 Å². The molecule has 1 N–H and O–H groups in total. The summed E-state index contributed by atoms with van der Waals surface area (Å²) in [5.74, 6) is 0.630. The number of aryl methyl sites for hydroxylation is 3. The molecule has 0 atom stereocenters. The van der Waals surface area contributed by atoms with Crippen LogP contribution in [-0.2, 0) is 19.4 Å². The number of hydrogen-bond donors (Lipinski definition) is 1. The lowest BCUT2D eigenvalue weighted by Crippen LogP contribution is -2.21. The van der Waals surface area contributed by atoms with Crippen molar-refractivity contribution in [2.24, 2.45) is 0 Å². The second-order valence-electron chi connectivity index (χ2n) is 6.74. The molecule has 0 saturated heterocycles. The quantitative estimate of drug-likeness (QED) is 0.789. The summed E-state index contributed by atoms with van der Waals surface area (Å²) in [6.45, 7) is 4.78. The number of anilines is 1. The SMILES string of the molecule is CCc1cccc(C)c1NC(=O)c1ccc2c(=O)n3c(nc2c1)CCC3. The number of fused-ring (bicyclic) bond motifs is 2. The molecule has 3 aromatic rings. The fourth-order valence-electron chi connectivity index (χ4n) is 3.61. The summed E-state index contributed by atoms with van der Waals surface area (Å²) in [4.78, 5) is 29.9. The lowest BCUT2D eigenvalue weighted by Gasteiger charge is -2.13. The Hall–Kier alpha value is -2.95. The summed E-state index contributed by atoms with van der Waals surface area (Å²) in [5, 5.41) is 3.59. The predicted molar refractivity (Wildman–Crippen MR) is 103 cm³/mol. The van der Waals surface area contributed by atoms with E-state index >= 15 is 0 Å². The average molecular weight is 347 g/mol. The van der Waals surface area contributed by atoms with Crippen molar-refractivity contribution < 1.29 is 4.79 Å². The number of hydrogen-bond acceptors (Lipinski definition) is 3. The van der Waals surface area contributed by atoms with E-state index in [1.54, 1.807) is 22.8 Å². The number of nitrogens with one attached hydrogen (secondary N) is 1. The second kappa shape index (κ2) is 6.41. The molecule has 0 fully saturated rings. The minimum absolute atomic E-state index is 0.0124. The highest BCUT2D eigenvalue weighted by Crippen LogP contribution is 2.23. The van der Waals surface area contributed by atoms with Gasteiger partial charge in [0, 0.05) is 24.2 Å². The topological polar surface area (TPSA) is 64.0 Å². The zero-order valence-electron chi connectivity index (χ0n) is 15.0. The molecule has 4 rings (SSSR count). The van der Waals surface area contributed by atoms with Gasteiger partial charge in [0.2, 0.25) is 0 Å². The van der Waals surface area contributed by atoms with Crippen molar-refractivity contribution in [1.82, 2.24) is 9.55 Å². The van der Waals surface area contributed by atoms with Crippen molar-refractivity contribution in [3.05, 3.63) is 69.3 Å². The van der Waals surface area contributed by atoms with Gasteiger partial charge in [0.25, 0.3) is 11.5 Å². The van der Waals surface area contributed by atoms with Gasteiger partial charge in [0.05, 0.1) is 10.9 Å². The molecule has 5 nitrogen and oxygen atoms in total. The Balaban J connectivity index is 1.72. The maximum atomic E-state index is 12.8. The first-order valence-electron chi connectivity index (χ1n) is 9.02. The predicted octanol–water partition coefficient (Wildman–Crippen LogP) is 3.47. The molecule has 1 aromatic heterocycles. The fourth-order valence-corrected chi connectivity index (χ4v) is 3.61. The zero-order valence-corrected chi connectivity index (χ0v) is 15.0. The summed E-state index contributed by atoms with van der Waals surface area (Å²) < 4.78 is 1.74. The molecule has 26 heavy (non-hydrogen) atoms. The Morgan fingerprint density at radius 2 is 2.12 bits per heavy atom. The lowest BCUT2D eigenvalue weighted by atomic mass is 10.0. The van der Waals surface area contributed by atoms with Crippen LogP contribution in [0.5, 0.6) is 0 Å². The second-order valence-corrected chi connectivity index (χ2v) is 6.74. The van der Waals surface area contributed by atoms with Gasteiger partial charge in [-0.1, -0.05) is 25.1 Å². The Bertz CT molecular complexity index is 1080. The molecule has 5 heteroatoms. The van der Waals surface area contributed by atoms with Crippen molar-refractivity contribution in [3.8, 4) is 0 Å². The molecule has 2 heterocycles. The molecular formula is C21H21N3O2. The Kier molecular flexibility index (Phi) is 4.07. The zero-order chi connectivity index (χ0) is 18.3. The van der Waals surface area contributed by atoms with E-state index in [2.05, 4.69) is 17.2 Å². The Labute approximate surface area is 151 Å². The van der Waals surface area contributed by atoms with Gasteiger partial charge in [-0.2, -0.15) is 0 Å². The van der Waals surface area contributed by atoms with Crippen LogP contribution >= 0.6 is 0 Å². The number of rotatable bonds is 3.